The van der Waals surface area contributed by atoms with Gasteiger partial charge in [0.1, 0.15) is 0 Å². The van der Waals surface area contributed by atoms with Gasteiger partial charge in [-0.3, -0.25) is 4.79 Å². The molecular weight excluding hydrogens is 216 g/mol. The Hall–Kier alpha value is -0.620. The van der Waals surface area contributed by atoms with Crippen molar-refractivity contribution in [3.05, 3.63) is 0 Å². The van der Waals surface area contributed by atoms with Gasteiger partial charge in [0.15, 0.2) is 9.84 Å². The van der Waals surface area contributed by atoms with Crippen molar-refractivity contribution >= 4 is 15.7 Å². The van der Waals surface area contributed by atoms with E-state index < -0.39 is 15.4 Å². The topological polar surface area (TPSA) is 75.3 Å². The molecular formula is C9H18N2O3S. The van der Waals surface area contributed by atoms with Crippen LogP contribution in [0.5, 0.6) is 0 Å². The van der Waals surface area contributed by atoms with Crippen LogP contribution < -0.4 is 10.6 Å². The molecule has 1 fully saturated rings. The maximum absolute atomic E-state index is 11.4. The maximum atomic E-state index is 11.4. The number of carbonyl (C=O) groups is 1. The molecule has 1 saturated heterocycles. The maximum Gasteiger partial charge on any atom is 0.221 e. The van der Waals surface area contributed by atoms with Crippen LogP contribution in [-0.4, -0.2) is 45.0 Å². The van der Waals surface area contributed by atoms with Crippen LogP contribution in [0, 0.1) is 0 Å². The molecule has 88 valence electrons. The Bertz CT molecular complexity index is 339. The summed E-state index contributed by atoms with van der Waals surface area (Å²) in [7, 11) is -1.18. The van der Waals surface area contributed by atoms with Gasteiger partial charge in [-0.05, 0) is 20.4 Å². The van der Waals surface area contributed by atoms with Gasteiger partial charge >= 0.3 is 0 Å². The van der Waals surface area contributed by atoms with Crippen molar-refractivity contribution in [1.82, 2.24) is 10.6 Å². The predicted octanol–water partition coefficient (Wildman–Crippen LogP) is -0.711. The minimum absolute atomic E-state index is 0.0608. The number of amides is 1. The van der Waals surface area contributed by atoms with E-state index in [4.69, 9.17) is 0 Å². The first-order chi connectivity index (χ1) is 6.87. The molecule has 0 aromatic rings. The lowest BCUT2D eigenvalue weighted by atomic mass is 10.0. The van der Waals surface area contributed by atoms with Crippen molar-refractivity contribution in [2.45, 2.75) is 25.3 Å². The molecule has 5 nitrogen and oxygen atoms in total. The van der Waals surface area contributed by atoms with Crippen LogP contribution in [0.3, 0.4) is 0 Å². The third kappa shape index (κ3) is 3.79. The smallest absolute Gasteiger partial charge is 0.221 e. The van der Waals surface area contributed by atoms with Crippen LogP contribution in [-0.2, 0) is 14.6 Å². The van der Waals surface area contributed by atoms with E-state index >= 15 is 0 Å². The number of rotatable bonds is 4. The molecule has 0 saturated carbocycles. The summed E-state index contributed by atoms with van der Waals surface area (Å²) in [6, 6.07) is 0. The molecule has 6 heteroatoms. The average Bonchev–Trinajstić information content (AvgIpc) is 2.37. The number of hydrogen-bond acceptors (Lipinski definition) is 4. The summed E-state index contributed by atoms with van der Waals surface area (Å²) < 4.78 is 22.6. The zero-order chi connectivity index (χ0) is 11.5. The van der Waals surface area contributed by atoms with E-state index in [1.807, 2.05) is 0 Å². The Labute approximate surface area is 90.5 Å². The van der Waals surface area contributed by atoms with Gasteiger partial charge in [-0.1, -0.05) is 0 Å². The fourth-order valence-corrected chi connectivity index (χ4v) is 3.84. The molecule has 1 atom stereocenters. The number of sulfone groups is 1. The van der Waals surface area contributed by atoms with E-state index in [1.54, 1.807) is 14.0 Å². The summed E-state index contributed by atoms with van der Waals surface area (Å²) in [5, 5.41) is 5.66. The van der Waals surface area contributed by atoms with E-state index in [1.165, 1.54) is 0 Å². The first kappa shape index (κ1) is 12.4. The Kier molecular flexibility index (Phi) is 3.72. The lowest BCUT2D eigenvalue weighted by Gasteiger charge is -2.23. The van der Waals surface area contributed by atoms with Gasteiger partial charge in [0.25, 0.3) is 0 Å². The highest BCUT2D eigenvalue weighted by atomic mass is 32.2. The fourth-order valence-electron chi connectivity index (χ4n) is 1.75. The van der Waals surface area contributed by atoms with E-state index in [-0.39, 0.29) is 17.4 Å². The molecule has 1 rings (SSSR count). The number of carbonyl (C=O) groups excluding carboxylic acids is 1. The molecule has 2 N–H and O–H groups in total. The SMILES string of the molecule is CNCCC(=O)NC1(C)CCS(=O)(=O)C1. The summed E-state index contributed by atoms with van der Waals surface area (Å²) in [6.07, 6.45) is 0.896. The number of nitrogens with one attached hydrogen (secondary N) is 2. The Balaban J connectivity index is 2.48. The zero-order valence-corrected chi connectivity index (χ0v) is 9.99. The highest BCUT2D eigenvalue weighted by Gasteiger charge is 2.39. The van der Waals surface area contributed by atoms with Gasteiger partial charge in [-0.15, -0.1) is 0 Å². The minimum Gasteiger partial charge on any atom is -0.350 e. The van der Waals surface area contributed by atoms with Gasteiger partial charge in [-0.2, -0.15) is 0 Å². The van der Waals surface area contributed by atoms with Crippen molar-refractivity contribution in [3.8, 4) is 0 Å². The van der Waals surface area contributed by atoms with Gasteiger partial charge in [0.2, 0.25) is 5.91 Å². The quantitative estimate of drug-likeness (QED) is 0.674. The highest BCUT2D eigenvalue weighted by Crippen LogP contribution is 2.22. The van der Waals surface area contributed by atoms with Crippen molar-refractivity contribution < 1.29 is 13.2 Å². The van der Waals surface area contributed by atoms with E-state index in [9.17, 15) is 13.2 Å². The lowest BCUT2D eigenvalue weighted by molar-refractivity contribution is -0.122. The summed E-state index contributed by atoms with van der Waals surface area (Å²) in [5.74, 6) is 0.144. The summed E-state index contributed by atoms with van der Waals surface area (Å²) >= 11 is 0. The molecule has 0 aromatic heterocycles. The first-order valence-corrected chi connectivity index (χ1v) is 6.85. The monoisotopic (exact) mass is 234 g/mol. The van der Waals surface area contributed by atoms with Gasteiger partial charge in [0.05, 0.1) is 17.0 Å². The van der Waals surface area contributed by atoms with Crippen molar-refractivity contribution in [2.24, 2.45) is 0 Å². The molecule has 0 bridgehead atoms. The normalized spacial score (nSPS) is 28.9. The van der Waals surface area contributed by atoms with Crippen LogP contribution in [0.4, 0.5) is 0 Å². The molecule has 0 radical (unpaired) electrons. The summed E-state index contributed by atoms with van der Waals surface area (Å²) in [6.45, 7) is 2.39. The molecule has 1 aliphatic rings. The predicted molar refractivity (Wildman–Crippen MR) is 58.4 cm³/mol. The number of hydrogen-bond donors (Lipinski definition) is 2. The third-order valence-corrected chi connectivity index (χ3v) is 4.45. The van der Waals surface area contributed by atoms with Crippen molar-refractivity contribution in [2.75, 3.05) is 25.1 Å². The Morgan fingerprint density at radius 1 is 1.47 bits per heavy atom. The summed E-state index contributed by atoms with van der Waals surface area (Å²) in [5.41, 5.74) is -0.566. The molecule has 0 aliphatic carbocycles. The molecule has 1 aliphatic heterocycles. The second kappa shape index (κ2) is 4.49. The molecule has 15 heavy (non-hydrogen) atoms. The standard InChI is InChI=1S/C9H18N2O3S/c1-9(4-6-15(13,14)7-9)11-8(12)3-5-10-2/h10H,3-7H2,1-2H3,(H,11,12). The molecule has 1 heterocycles. The summed E-state index contributed by atoms with van der Waals surface area (Å²) in [4.78, 5) is 11.4. The third-order valence-electron chi connectivity index (χ3n) is 2.55. The van der Waals surface area contributed by atoms with E-state index in [0.717, 1.165) is 0 Å². The van der Waals surface area contributed by atoms with Crippen molar-refractivity contribution in [3.63, 3.8) is 0 Å². The van der Waals surface area contributed by atoms with Crippen LogP contribution >= 0.6 is 0 Å². The van der Waals surface area contributed by atoms with Gasteiger partial charge in [-0.25, -0.2) is 8.42 Å². The fraction of sp³-hybridized carbons (Fsp3) is 0.889. The molecule has 0 spiro atoms. The largest absolute Gasteiger partial charge is 0.350 e. The highest BCUT2D eigenvalue weighted by molar-refractivity contribution is 7.91. The second-order valence-electron chi connectivity index (χ2n) is 4.30. The van der Waals surface area contributed by atoms with E-state index in [0.29, 0.717) is 19.4 Å². The second-order valence-corrected chi connectivity index (χ2v) is 6.49. The molecule has 1 amide bonds. The van der Waals surface area contributed by atoms with Crippen LogP contribution in [0.1, 0.15) is 19.8 Å². The first-order valence-electron chi connectivity index (χ1n) is 5.03. The lowest BCUT2D eigenvalue weighted by Crippen LogP contribution is -2.47. The minimum atomic E-state index is -2.95. The van der Waals surface area contributed by atoms with Crippen LogP contribution in [0.2, 0.25) is 0 Å². The molecule has 1 unspecified atom stereocenters. The van der Waals surface area contributed by atoms with Crippen molar-refractivity contribution in [1.29, 1.82) is 0 Å². The van der Waals surface area contributed by atoms with Gasteiger partial charge in [0, 0.05) is 13.0 Å². The zero-order valence-electron chi connectivity index (χ0n) is 9.17. The Morgan fingerprint density at radius 2 is 2.13 bits per heavy atom. The van der Waals surface area contributed by atoms with Crippen LogP contribution in [0.15, 0.2) is 0 Å². The van der Waals surface area contributed by atoms with Gasteiger partial charge < -0.3 is 10.6 Å². The Morgan fingerprint density at radius 3 is 2.60 bits per heavy atom. The average molecular weight is 234 g/mol. The molecule has 0 aromatic carbocycles. The van der Waals surface area contributed by atoms with Crippen LogP contribution in [0.25, 0.3) is 0 Å². The van der Waals surface area contributed by atoms with E-state index in [2.05, 4.69) is 10.6 Å².